The van der Waals surface area contributed by atoms with E-state index in [4.69, 9.17) is 14.0 Å². The van der Waals surface area contributed by atoms with Crippen LogP contribution in [0.1, 0.15) is 31.0 Å². The third kappa shape index (κ3) is 6.12. The average molecular weight is 498 g/mol. The van der Waals surface area contributed by atoms with Gasteiger partial charge in [-0.1, -0.05) is 18.5 Å². The van der Waals surface area contributed by atoms with Crippen LogP contribution in [0, 0.1) is 0 Å². The van der Waals surface area contributed by atoms with Crippen molar-refractivity contribution in [1.29, 1.82) is 0 Å². The van der Waals surface area contributed by atoms with Crippen LogP contribution in [0.5, 0.6) is 11.5 Å². The number of carboxylic acid groups (broad SMARTS) is 1. The van der Waals surface area contributed by atoms with E-state index in [-0.39, 0.29) is 47.1 Å². The van der Waals surface area contributed by atoms with Crippen LogP contribution in [0.2, 0.25) is 0 Å². The number of aromatic nitrogens is 2. The van der Waals surface area contributed by atoms with E-state index in [1.807, 2.05) is 13.0 Å². The van der Waals surface area contributed by atoms with Gasteiger partial charge < -0.3 is 28.5 Å². The molecule has 4 aromatic rings. The van der Waals surface area contributed by atoms with Crippen LogP contribution in [0.15, 0.2) is 47.1 Å². The summed E-state index contributed by atoms with van der Waals surface area (Å²) in [6.07, 6.45) is -1.18. The molecule has 7 nitrogen and oxygen atoms in total. The maximum Gasteiger partial charge on any atom is 1.00 e. The second-order valence-electron chi connectivity index (χ2n) is 7.78. The molecule has 0 aliphatic carbocycles. The second-order valence-corrected chi connectivity index (χ2v) is 7.78. The second kappa shape index (κ2) is 11.4. The Kier molecular flexibility index (Phi) is 8.74. The Labute approximate surface area is 221 Å². The fourth-order valence-electron chi connectivity index (χ4n) is 3.84. The number of nitrogens with zero attached hydrogens (tertiary/aromatic N) is 2. The molecule has 0 fully saturated rings. The van der Waals surface area contributed by atoms with Crippen LogP contribution >= 0.6 is 0 Å². The van der Waals surface area contributed by atoms with Crippen molar-refractivity contribution in [3.05, 3.63) is 53.9 Å². The summed E-state index contributed by atoms with van der Waals surface area (Å²) in [5.41, 5.74) is 0.392. The Morgan fingerprint density at radius 3 is 2.63 bits per heavy atom. The van der Waals surface area contributed by atoms with Gasteiger partial charge in [0.15, 0.2) is 11.3 Å². The molecule has 0 bridgehead atoms. The third-order valence-corrected chi connectivity index (χ3v) is 5.33. The van der Waals surface area contributed by atoms with E-state index in [1.54, 1.807) is 29.0 Å². The van der Waals surface area contributed by atoms with Gasteiger partial charge in [-0.25, -0.2) is 0 Å². The monoisotopic (exact) mass is 498 g/mol. The minimum absolute atomic E-state index is 0. The van der Waals surface area contributed by atoms with Crippen molar-refractivity contribution in [1.82, 2.24) is 9.72 Å². The number of carbonyl (C=O) groups is 1. The van der Waals surface area contributed by atoms with Gasteiger partial charge in [0.2, 0.25) is 0 Å². The molecule has 2 aromatic heterocycles. The summed E-state index contributed by atoms with van der Waals surface area (Å²) >= 11 is 0. The molecular formula is C24H22F3N2NaO5. The van der Waals surface area contributed by atoms with Gasteiger partial charge in [-0.05, 0) is 42.8 Å². The molecule has 180 valence electrons. The standard InChI is InChI=1S/C24H23F3N2O5.Na/c1-2-4-17-20(8-6-18-22(17)34-28-23(18)24(25,26)27)33-12-3-11-32-16-5-7-19-15(13-16)9-10-29(19)14-21(30)31;/h5-10,13H,2-4,11-12,14H2,1H3,(H,30,31);/q;+1/p-1. The average Bonchev–Trinajstić information content (AvgIpc) is 3.38. The van der Waals surface area contributed by atoms with E-state index in [0.717, 1.165) is 10.9 Å². The topological polar surface area (TPSA) is 89.5 Å². The van der Waals surface area contributed by atoms with Crippen molar-refractivity contribution >= 4 is 27.8 Å². The van der Waals surface area contributed by atoms with Gasteiger partial charge in [0.25, 0.3) is 0 Å². The summed E-state index contributed by atoms with van der Waals surface area (Å²) in [6, 6.07) is 9.99. The number of alkyl halides is 3. The van der Waals surface area contributed by atoms with Crippen molar-refractivity contribution in [3.63, 3.8) is 0 Å². The molecule has 0 aliphatic rings. The molecule has 0 spiro atoms. The Hall–Kier alpha value is -2.69. The summed E-state index contributed by atoms with van der Waals surface area (Å²) in [7, 11) is 0. The maximum atomic E-state index is 13.1. The van der Waals surface area contributed by atoms with Crippen LogP contribution < -0.4 is 44.1 Å². The van der Waals surface area contributed by atoms with Crippen LogP contribution in [0.4, 0.5) is 13.2 Å². The van der Waals surface area contributed by atoms with E-state index in [2.05, 4.69) is 5.16 Å². The molecule has 0 radical (unpaired) electrons. The minimum atomic E-state index is -4.59. The van der Waals surface area contributed by atoms with Gasteiger partial charge in [0, 0.05) is 29.1 Å². The molecule has 35 heavy (non-hydrogen) atoms. The molecule has 0 N–H and O–H groups in total. The molecule has 0 amide bonds. The normalized spacial score (nSPS) is 11.5. The van der Waals surface area contributed by atoms with Gasteiger partial charge in [-0.3, -0.25) is 0 Å². The van der Waals surface area contributed by atoms with Gasteiger partial charge in [0.05, 0.1) is 31.1 Å². The molecule has 0 saturated carbocycles. The first-order valence-corrected chi connectivity index (χ1v) is 10.8. The SMILES string of the molecule is CCCc1c(OCCCOc2ccc3c(ccn3CC(=O)[O-])c2)ccc2c(C(F)(F)F)noc12.[Na+]. The summed E-state index contributed by atoms with van der Waals surface area (Å²) in [5.74, 6) is -0.0637. The van der Waals surface area contributed by atoms with Gasteiger partial charge in [0.1, 0.15) is 11.5 Å². The van der Waals surface area contributed by atoms with E-state index >= 15 is 0 Å². The number of carboxylic acids is 1. The summed E-state index contributed by atoms with van der Waals surface area (Å²) in [6.45, 7) is 2.35. The van der Waals surface area contributed by atoms with E-state index < -0.39 is 17.8 Å². The zero-order chi connectivity index (χ0) is 24.3. The van der Waals surface area contributed by atoms with E-state index in [0.29, 0.717) is 49.5 Å². The van der Waals surface area contributed by atoms with Crippen LogP contribution in [0.3, 0.4) is 0 Å². The van der Waals surface area contributed by atoms with E-state index in [1.165, 1.54) is 12.1 Å². The molecule has 4 rings (SSSR count). The number of fused-ring (bicyclic) bond motifs is 2. The van der Waals surface area contributed by atoms with Crippen molar-refractivity contribution in [2.45, 2.75) is 38.9 Å². The number of hydrogen-bond acceptors (Lipinski definition) is 6. The smallest absolute Gasteiger partial charge is 0.548 e. The first-order valence-electron chi connectivity index (χ1n) is 10.8. The largest absolute Gasteiger partial charge is 1.00 e. The predicted octanol–water partition coefficient (Wildman–Crippen LogP) is 1.36. The Balaban J connectivity index is 0.00000342. The predicted molar refractivity (Wildman–Crippen MR) is 116 cm³/mol. The first kappa shape index (κ1) is 26.9. The summed E-state index contributed by atoms with van der Waals surface area (Å²) < 4.78 is 57.6. The summed E-state index contributed by atoms with van der Waals surface area (Å²) in [5, 5.41) is 14.8. The maximum absolute atomic E-state index is 13.1. The summed E-state index contributed by atoms with van der Waals surface area (Å²) in [4.78, 5) is 10.8. The molecule has 0 aliphatic heterocycles. The quantitative estimate of drug-likeness (QED) is 0.242. The molecule has 0 atom stereocenters. The number of benzene rings is 2. The fourth-order valence-corrected chi connectivity index (χ4v) is 3.84. The zero-order valence-electron chi connectivity index (χ0n) is 19.4. The number of rotatable bonds is 10. The Morgan fingerprint density at radius 2 is 1.91 bits per heavy atom. The number of carbonyl (C=O) groups excluding carboxylic acids is 1. The van der Waals surface area contributed by atoms with Crippen molar-refractivity contribution in [2.24, 2.45) is 0 Å². The fraction of sp³-hybridized carbons (Fsp3) is 0.333. The van der Waals surface area contributed by atoms with Gasteiger partial charge in [-0.2, -0.15) is 13.2 Å². The van der Waals surface area contributed by atoms with Gasteiger partial charge >= 0.3 is 35.7 Å². The van der Waals surface area contributed by atoms with Gasteiger partial charge in [-0.15, -0.1) is 0 Å². The van der Waals surface area contributed by atoms with Crippen LogP contribution in [0.25, 0.3) is 21.9 Å². The zero-order valence-corrected chi connectivity index (χ0v) is 21.4. The molecule has 2 heterocycles. The van der Waals surface area contributed by atoms with Crippen LogP contribution in [-0.4, -0.2) is 28.9 Å². The first-order chi connectivity index (χ1) is 16.3. The third-order valence-electron chi connectivity index (χ3n) is 5.33. The molecule has 2 aromatic carbocycles. The molecule has 11 heteroatoms. The number of aliphatic carboxylic acids is 1. The number of hydrogen-bond donors (Lipinski definition) is 0. The minimum Gasteiger partial charge on any atom is -0.548 e. The number of halogens is 3. The van der Waals surface area contributed by atoms with Crippen molar-refractivity contribution < 1.29 is 66.6 Å². The van der Waals surface area contributed by atoms with E-state index in [9.17, 15) is 23.1 Å². The Morgan fingerprint density at radius 1 is 1.14 bits per heavy atom. The number of aryl methyl sites for hydroxylation is 1. The molecular weight excluding hydrogens is 476 g/mol. The van der Waals surface area contributed by atoms with Crippen molar-refractivity contribution in [3.8, 4) is 11.5 Å². The van der Waals surface area contributed by atoms with Crippen LogP contribution in [-0.2, 0) is 23.9 Å². The molecule has 0 unspecified atom stereocenters. The Bertz CT molecular complexity index is 1320. The number of ether oxygens (including phenoxy) is 2. The van der Waals surface area contributed by atoms with Crippen molar-refractivity contribution in [2.75, 3.05) is 13.2 Å². The molecule has 0 saturated heterocycles.